The monoisotopic (exact) mass is 323 g/mol. The molecular formula is C18H14ClN3O. The number of hydrogen-bond donors (Lipinski definition) is 0. The molecule has 3 aromatic rings. The van der Waals surface area contributed by atoms with Gasteiger partial charge in [-0.05, 0) is 36.3 Å². The SMILES string of the molecule is O=C(C=Cc1c(Cl)nc2ccccn12)N1CCc2ccccc21. The van der Waals surface area contributed by atoms with Crippen molar-refractivity contribution in [2.24, 2.45) is 0 Å². The Morgan fingerprint density at radius 3 is 2.91 bits per heavy atom. The minimum absolute atomic E-state index is 0.0445. The number of rotatable bonds is 2. The fourth-order valence-electron chi connectivity index (χ4n) is 2.94. The normalized spacial score (nSPS) is 13.9. The average Bonchev–Trinajstić information content (AvgIpc) is 3.13. The Labute approximate surface area is 138 Å². The number of hydrogen-bond acceptors (Lipinski definition) is 2. The van der Waals surface area contributed by atoms with E-state index in [-0.39, 0.29) is 5.91 Å². The smallest absolute Gasteiger partial charge is 0.251 e. The number of carbonyl (C=O) groups is 1. The van der Waals surface area contributed by atoms with Crippen LogP contribution in [0, 0.1) is 0 Å². The number of pyridine rings is 1. The quantitative estimate of drug-likeness (QED) is 0.676. The van der Waals surface area contributed by atoms with Crippen LogP contribution in [0.15, 0.2) is 54.7 Å². The minimum atomic E-state index is -0.0445. The van der Waals surface area contributed by atoms with E-state index in [2.05, 4.69) is 11.1 Å². The molecule has 4 rings (SSSR count). The van der Waals surface area contributed by atoms with Crippen molar-refractivity contribution in [1.29, 1.82) is 0 Å². The Morgan fingerprint density at radius 2 is 2.00 bits per heavy atom. The van der Waals surface area contributed by atoms with E-state index in [0.29, 0.717) is 17.4 Å². The lowest BCUT2D eigenvalue weighted by Crippen LogP contribution is -2.26. The van der Waals surface area contributed by atoms with Gasteiger partial charge in [0.2, 0.25) is 0 Å². The maximum atomic E-state index is 12.5. The lowest BCUT2D eigenvalue weighted by molar-refractivity contribution is -0.114. The van der Waals surface area contributed by atoms with Crippen molar-refractivity contribution < 1.29 is 4.79 Å². The van der Waals surface area contributed by atoms with Crippen LogP contribution < -0.4 is 4.90 Å². The summed E-state index contributed by atoms with van der Waals surface area (Å²) in [6, 6.07) is 13.7. The number of halogens is 1. The first kappa shape index (κ1) is 14.0. The molecule has 1 amide bonds. The lowest BCUT2D eigenvalue weighted by atomic mass is 10.2. The molecule has 114 valence electrons. The molecule has 3 heterocycles. The summed E-state index contributed by atoms with van der Waals surface area (Å²) in [6.45, 7) is 0.712. The second-order valence-electron chi connectivity index (χ2n) is 5.42. The predicted molar refractivity (Wildman–Crippen MR) is 91.7 cm³/mol. The van der Waals surface area contributed by atoms with Crippen LogP contribution in [-0.4, -0.2) is 21.8 Å². The van der Waals surface area contributed by atoms with Crippen molar-refractivity contribution in [2.45, 2.75) is 6.42 Å². The molecule has 0 spiro atoms. The van der Waals surface area contributed by atoms with Gasteiger partial charge < -0.3 is 4.90 Å². The average molecular weight is 324 g/mol. The summed E-state index contributed by atoms with van der Waals surface area (Å²) >= 11 is 6.18. The highest BCUT2D eigenvalue weighted by atomic mass is 35.5. The molecule has 23 heavy (non-hydrogen) atoms. The first-order chi connectivity index (χ1) is 11.2. The van der Waals surface area contributed by atoms with Crippen molar-refractivity contribution >= 4 is 34.9 Å². The molecule has 0 saturated heterocycles. The van der Waals surface area contributed by atoms with E-state index in [4.69, 9.17) is 11.6 Å². The molecular weight excluding hydrogens is 310 g/mol. The van der Waals surface area contributed by atoms with Crippen LogP contribution in [0.5, 0.6) is 0 Å². The standard InChI is InChI=1S/C18H14ClN3O/c19-18-15(21-11-4-3-7-16(21)20-18)8-9-17(23)22-12-10-13-5-1-2-6-14(13)22/h1-9,11H,10,12H2. The summed E-state index contributed by atoms with van der Waals surface area (Å²) in [7, 11) is 0. The summed E-state index contributed by atoms with van der Waals surface area (Å²) < 4.78 is 1.87. The third-order valence-electron chi connectivity index (χ3n) is 4.06. The van der Waals surface area contributed by atoms with Crippen LogP contribution in [0.1, 0.15) is 11.3 Å². The highest BCUT2D eigenvalue weighted by molar-refractivity contribution is 6.31. The number of carbonyl (C=O) groups excluding carboxylic acids is 1. The van der Waals surface area contributed by atoms with Crippen LogP contribution >= 0.6 is 11.6 Å². The summed E-state index contributed by atoms with van der Waals surface area (Å²) in [4.78, 5) is 18.6. The van der Waals surface area contributed by atoms with Crippen LogP contribution in [0.2, 0.25) is 5.15 Å². The molecule has 1 aromatic carbocycles. The first-order valence-corrected chi connectivity index (χ1v) is 7.82. The number of fused-ring (bicyclic) bond motifs is 2. The number of nitrogens with zero attached hydrogens (tertiary/aromatic N) is 3. The van der Waals surface area contributed by atoms with Gasteiger partial charge in [0.15, 0.2) is 5.15 Å². The van der Waals surface area contributed by atoms with Gasteiger partial charge in [0.25, 0.3) is 5.91 Å². The van der Waals surface area contributed by atoms with Crippen LogP contribution in [0.4, 0.5) is 5.69 Å². The van der Waals surface area contributed by atoms with E-state index in [9.17, 15) is 4.79 Å². The topological polar surface area (TPSA) is 37.6 Å². The summed E-state index contributed by atoms with van der Waals surface area (Å²) in [6.07, 6.45) is 6.06. The number of anilines is 1. The molecule has 0 aliphatic carbocycles. The van der Waals surface area contributed by atoms with E-state index in [0.717, 1.165) is 17.8 Å². The summed E-state index contributed by atoms with van der Waals surface area (Å²) in [5.41, 5.74) is 3.67. The third-order valence-corrected chi connectivity index (χ3v) is 4.34. The highest BCUT2D eigenvalue weighted by Crippen LogP contribution is 2.28. The van der Waals surface area contributed by atoms with Gasteiger partial charge in [0.1, 0.15) is 5.65 Å². The number of amides is 1. The fourth-order valence-corrected chi connectivity index (χ4v) is 3.18. The van der Waals surface area contributed by atoms with Gasteiger partial charge in [-0.3, -0.25) is 9.20 Å². The molecule has 0 unspecified atom stereocenters. The van der Waals surface area contributed by atoms with Crippen molar-refractivity contribution in [1.82, 2.24) is 9.38 Å². The molecule has 2 aromatic heterocycles. The largest absolute Gasteiger partial charge is 0.308 e. The Balaban J connectivity index is 1.64. The molecule has 1 aliphatic heterocycles. The number of benzene rings is 1. The van der Waals surface area contributed by atoms with Crippen molar-refractivity contribution in [2.75, 3.05) is 11.4 Å². The Morgan fingerprint density at radius 1 is 1.17 bits per heavy atom. The zero-order valence-corrected chi connectivity index (χ0v) is 13.1. The molecule has 0 atom stereocenters. The Bertz CT molecular complexity index is 929. The summed E-state index contributed by atoms with van der Waals surface area (Å²) in [5.74, 6) is -0.0445. The van der Waals surface area contributed by atoms with E-state index < -0.39 is 0 Å². The second-order valence-corrected chi connectivity index (χ2v) is 5.78. The zero-order valence-electron chi connectivity index (χ0n) is 12.3. The van der Waals surface area contributed by atoms with Gasteiger partial charge in [-0.1, -0.05) is 35.9 Å². The Hall–Kier alpha value is -2.59. The molecule has 0 bridgehead atoms. The maximum absolute atomic E-state index is 12.5. The van der Waals surface area contributed by atoms with E-state index in [1.54, 1.807) is 17.1 Å². The van der Waals surface area contributed by atoms with Crippen LogP contribution in [-0.2, 0) is 11.2 Å². The highest BCUT2D eigenvalue weighted by Gasteiger charge is 2.22. The number of aromatic nitrogens is 2. The zero-order chi connectivity index (χ0) is 15.8. The van der Waals surface area contributed by atoms with E-state index in [1.807, 2.05) is 47.0 Å². The predicted octanol–water partition coefficient (Wildman–Crippen LogP) is 3.59. The van der Waals surface area contributed by atoms with Gasteiger partial charge in [-0.15, -0.1) is 0 Å². The minimum Gasteiger partial charge on any atom is -0.308 e. The maximum Gasteiger partial charge on any atom is 0.251 e. The van der Waals surface area contributed by atoms with Gasteiger partial charge in [-0.2, -0.15) is 0 Å². The number of imidazole rings is 1. The van der Waals surface area contributed by atoms with Crippen LogP contribution in [0.25, 0.3) is 11.7 Å². The van der Waals surface area contributed by atoms with E-state index in [1.165, 1.54) is 5.56 Å². The third kappa shape index (κ3) is 2.41. The molecule has 0 saturated carbocycles. The van der Waals surface area contributed by atoms with E-state index >= 15 is 0 Å². The molecule has 0 N–H and O–H groups in total. The number of para-hydroxylation sites is 1. The lowest BCUT2D eigenvalue weighted by Gasteiger charge is -2.14. The van der Waals surface area contributed by atoms with Gasteiger partial charge in [0, 0.05) is 24.5 Å². The molecule has 0 fully saturated rings. The fraction of sp³-hybridized carbons (Fsp3) is 0.111. The second kappa shape index (κ2) is 5.56. The van der Waals surface area contributed by atoms with Gasteiger partial charge >= 0.3 is 0 Å². The first-order valence-electron chi connectivity index (χ1n) is 7.44. The van der Waals surface area contributed by atoms with Crippen molar-refractivity contribution in [3.8, 4) is 0 Å². The van der Waals surface area contributed by atoms with Crippen molar-refractivity contribution in [3.05, 3.63) is 71.1 Å². The summed E-state index contributed by atoms with van der Waals surface area (Å²) in [5, 5.41) is 0.391. The van der Waals surface area contributed by atoms with Crippen molar-refractivity contribution in [3.63, 3.8) is 0 Å². The van der Waals surface area contributed by atoms with Crippen LogP contribution in [0.3, 0.4) is 0 Å². The molecule has 1 aliphatic rings. The Kier molecular flexibility index (Phi) is 3.39. The molecule has 0 radical (unpaired) electrons. The molecule has 4 nitrogen and oxygen atoms in total. The van der Waals surface area contributed by atoms with Gasteiger partial charge in [-0.25, -0.2) is 4.98 Å². The molecule has 5 heteroatoms. The van der Waals surface area contributed by atoms with Gasteiger partial charge in [0.05, 0.1) is 5.69 Å².